The third-order valence-corrected chi connectivity index (χ3v) is 5.55. The molecule has 0 bridgehead atoms. The Hall–Kier alpha value is -2.06. The zero-order valence-corrected chi connectivity index (χ0v) is 13.5. The molecule has 0 saturated heterocycles. The molecule has 0 aromatic heterocycles. The van der Waals surface area contributed by atoms with Crippen LogP contribution in [0.1, 0.15) is 0 Å². The Balaban J connectivity index is 2.02. The molecule has 1 nitrogen and oxygen atoms in total. The molecule has 4 heteroatoms. The Morgan fingerprint density at radius 2 is 1.18 bits per heavy atom. The van der Waals surface area contributed by atoms with Crippen LogP contribution < -0.4 is 15.8 Å². The quantitative estimate of drug-likeness (QED) is 0.495. The molecule has 22 heavy (non-hydrogen) atoms. The number of para-hydroxylation sites is 1. The van der Waals surface area contributed by atoms with Crippen molar-refractivity contribution in [2.24, 2.45) is 0 Å². The molecule has 0 N–H and O–H groups in total. The van der Waals surface area contributed by atoms with Gasteiger partial charge in [-0.3, -0.25) is 0 Å². The van der Waals surface area contributed by atoms with Gasteiger partial charge in [0.05, 0.1) is 11.4 Å². The van der Waals surface area contributed by atoms with Crippen molar-refractivity contribution in [1.82, 2.24) is 0 Å². The number of rotatable bonds is 1. The molecule has 1 heterocycles. The summed E-state index contributed by atoms with van der Waals surface area (Å²) < 4.78 is 0. The minimum atomic E-state index is 1.21. The monoisotopic (exact) mass is 299 g/mol. The molecule has 0 saturated carbocycles. The van der Waals surface area contributed by atoms with Crippen molar-refractivity contribution in [2.45, 2.75) is 9.79 Å². The third kappa shape index (κ3) is 2.06. The summed E-state index contributed by atoms with van der Waals surface area (Å²) >= 11 is 1.89. The summed E-state index contributed by atoms with van der Waals surface area (Å²) in [4.78, 5) is 5.09. The highest BCUT2D eigenvalue weighted by Crippen LogP contribution is 2.49. The van der Waals surface area contributed by atoms with Gasteiger partial charge in [-0.2, -0.15) is 0 Å². The number of nitrogens with zero attached hydrogens (tertiary/aromatic N) is 1. The number of hydrogen-bond acceptors (Lipinski definition) is 2. The lowest BCUT2D eigenvalue weighted by Crippen LogP contribution is -2.23. The lowest BCUT2D eigenvalue weighted by atomic mass is 9.93. The molecule has 0 fully saturated rings. The van der Waals surface area contributed by atoms with Crippen molar-refractivity contribution in [3.63, 3.8) is 0 Å². The van der Waals surface area contributed by atoms with E-state index < -0.39 is 0 Å². The smallest absolute Gasteiger partial charge is 0.140 e. The second-order valence-electron chi connectivity index (χ2n) is 5.62. The van der Waals surface area contributed by atoms with Gasteiger partial charge < -0.3 is 4.90 Å². The van der Waals surface area contributed by atoms with Crippen molar-refractivity contribution in [2.75, 3.05) is 4.90 Å². The topological polar surface area (TPSA) is 3.24 Å². The largest absolute Gasteiger partial charge is 0.308 e. The first-order chi connectivity index (χ1) is 10.8. The van der Waals surface area contributed by atoms with Gasteiger partial charge >= 0.3 is 0 Å². The van der Waals surface area contributed by atoms with Crippen LogP contribution in [0.5, 0.6) is 0 Å². The Morgan fingerprint density at radius 3 is 1.73 bits per heavy atom. The normalized spacial score (nSPS) is 12.6. The predicted octanol–water partition coefficient (Wildman–Crippen LogP) is 2.14. The van der Waals surface area contributed by atoms with Crippen LogP contribution in [-0.2, 0) is 0 Å². The van der Waals surface area contributed by atoms with Crippen LogP contribution in [0.15, 0.2) is 76.5 Å². The lowest BCUT2D eigenvalue weighted by molar-refractivity contribution is 1.18. The minimum absolute atomic E-state index is 1.21. The van der Waals surface area contributed by atoms with E-state index in [1.807, 2.05) is 11.8 Å². The molecule has 0 atom stereocenters. The first-order valence-corrected chi connectivity index (χ1v) is 8.29. The van der Waals surface area contributed by atoms with Crippen LogP contribution in [0.4, 0.5) is 17.1 Å². The SMILES string of the molecule is Bc1cccc2c1Sc1c(B)cccc1N2c1ccccc1. The van der Waals surface area contributed by atoms with Gasteiger partial charge in [0.15, 0.2) is 0 Å². The van der Waals surface area contributed by atoms with Gasteiger partial charge in [0.2, 0.25) is 0 Å². The van der Waals surface area contributed by atoms with E-state index in [2.05, 4.69) is 87.3 Å². The Morgan fingerprint density at radius 1 is 0.636 bits per heavy atom. The standard InChI is InChI=1S/C18H15B2NS/c19-13-8-4-10-15-17(13)22-18-14(20)9-5-11-16(18)21(15)12-6-2-1-3-7-12/h1-11H,19-20H2. The zero-order valence-electron chi connectivity index (χ0n) is 12.7. The first kappa shape index (κ1) is 13.6. The van der Waals surface area contributed by atoms with Crippen LogP contribution in [0, 0.1) is 0 Å². The molecule has 0 amide bonds. The second-order valence-corrected chi connectivity index (χ2v) is 6.64. The average Bonchev–Trinajstić information content (AvgIpc) is 2.55. The van der Waals surface area contributed by atoms with Crippen LogP contribution in [-0.4, -0.2) is 15.7 Å². The van der Waals surface area contributed by atoms with E-state index in [9.17, 15) is 0 Å². The Kier molecular flexibility index (Phi) is 3.27. The summed E-state index contributed by atoms with van der Waals surface area (Å²) in [5.74, 6) is 0. The molecule has 4 rings (SSSR count). The fourth-order valence-electron chi connectivity index (χ4n) is 2.98. The number of anilines is 3. The molecule has 104 valence electrons. The predicted molar refractivity (Wildman–Crippen MR) is 102 cm³/mol. The van der Waals surface area contributed by atoms with E-state index in [0.717, 1.165) is 0 Å². The number of fused-ring (bicyclic) bond motifs is 2. The number of benzene rings is 3. The van der Waals surface area contributed by atoms with E-state index in [-0.39, 0.29) is 0 Å². The molecule has 3 aromatic carbocycles. The van der Waals surface area contributed by atoms with Crippen LogP contribution in [0.2, 0.25) is 0 Å². The molecular formula is C18H15B2NS. The molecular weight excluding hydrogens is 284 g/mol. The summed E-state index contributed by atoms with van der Waals surface area (Å²) in [7, 11) is 4.39. The number of hydrogen-bond donors (Lipinski definition) is 0. The molecule has 1 aliphatic rings. The highest BCUT2D eigenvalue weighted by atomic mass is 32.2. The van der Waals surface area contributed by atoms with E-state index in [0.29, 0.717) is 0 Å². The van der Waals surface area contributed by atoms with Gasteiger partial charge in [0, 0.05) is 15.5 Å². The average molecular weight is 299 g/mol. The van der Waals surface area contributed by atoms with Gasteiger partial charge in [0.1, 0.15) is 15.7 Å². The minimum Gasteiger partial charge on any atom is -0.308 e. The fraction of sp³-hybridized carbons (Fsp3) is 0. The third-order valence-electron chi connectivity index (χ3n) is 4.08. The molecule has 0 aliphatic carbocycles. The maximum absolute atomic E-state index is 2.38. The van der Waals surface area contributed by atoms with Gasteiger partial charge in [-0.05, 0) is 24.3 Å². The summed E-state index contributed by atoms with van der Waals surface area (Å²) in [6.07, 6.45) is 0. The molecule has 1 aliphatic heterocycles. The van der Waals surface area contributed by atoms with Gasteiger partial charge in [-0.25, -0.2) is 0 Å². The lowest BCUT2D eigenvalue weighted by Gasteiger charge is -2.34. The van der Waals surface area contributed by atoms with Gasteiger partial charge in [-0.15, -0.1) is 0 Å². The maximum atomic E-state index is 2.38. The van der Waals surface area contributed by atoms with Crippen LogP contribution in [0.25, 0.3) is 0 Å². The summed E-state index contributed by atoms with van der Waals surface area (Å²) in [6, 6.07) is 23.7. The van der Waals surface area contributed by atoms with E-state index >= 15 is 0 Å². The van der Waals surface area contributed by atoms with E-state index in [4.69, 9.17) is 0 Å². The first-order valence-electron chi connectivity index (χ1n) is 7.48. The zero-order chi connectivity index (χ0) is 15.1. The summed E-state index contributed by atoms with van der Waals surface area (Å²) in [5.41, 5.74) is 6.42. The summed E-state index contributed by atoms with van der Waals surface area (Å²) in [5, 5.41) is 0. The second kappa shape index (κ2) is 5.29. The van der Waals surface area contributed by atoms with Gasteiger partial charge in [0.25, 0.3) is 0 Å². The molecule has 0 radical (unpaired) electrons. The van der Waals surface area contributed by atoms with Crippen LogP contribution in [0.3, 0.4) is 0 Å². The highest BCUT2D eigenvalue weighted by molar-refractivity contribution is 8.00. The van der Waals surface area contributed by atoms with Crippen molar-refractivity contribution in [3.05, 3.63) is 66.7 Å². The van der Waals surface area contributed by atoms with Crippen LogP contribution >= 0.6 is 11.8 Å². The van der Waals surface area contributed by atoms with E-state index in [1.54, 1.807) is 0 Å². The van der Waals surface area contributed by atoms with E-state index in [1.165, 1.54) is 37.8 Å². The van der Waals surface area contributed by atoms with Gasteiger partial charge in [-0.1, -0.05) is 65.2 Å². The van der Waals surface area contributed by atoms with Crippen molar-refractivity contribution >= 4 is 55.4 Å². The highest BCUT2D eigenvalue weighted by Gasteiger charge is 2.26. The Labute approximate surface area is 137 Å². The Bertz CT molecular complexity index is 797. The molecule has 0 unspecified atom stereocenters. The fourth-order valence-corrected chi connectivity index (χ4v) is 4.17. The van der Waals surface area contributed by atoms with Crippen molar-refractivity contribution in [1.29, 1.82) is 0 Å². The summed E-state index contributed by atoms with van der Waals surface area (Å²) in [6.45, 7) is 0. The van der Waals surface area contributed by atoms with Crippen molar-refractivity contribution < 1.29 is 0 Å². The van der Waals surface area contributed by atoms with Crippen molar-refractivity contribution in [3.8, 4) is 0 Å². The maximum Gasteiger partial charge on any atom is 0.140 e. The molecule has 3 aromatic rings. The molecule has 0 spiro atoms.